The number of hydrogen-bond donors (Lipinski definition) is 1. The number of carbonyl (C=O) groups is 1. The van der Waals surface area contributed by atoms with Gasteiger partial charge in [-0.25, -0.2) is 13.6 Å². The van der Waals surface area contributed by atoms with E-state index >= 15 is 0 Å². The van der Waals surface area contributed by atoms with E-state index in [4.69, 9.17) is 9.47 Å². The molecule has 2 aromatic rings. The van der Waals surface area contributed by atoms with Crippen LogP contribution in [0.4, 0.5) is 13.6 Å². The van der Waals surface area contributed by atoms with Crippen molar-refractivity contribution < 1.29 is 23.0 Å². The number of likely N-dealkylation sites (tertiary alicyclic amines) is 1. The van der Waals surface area contributed by atoms with Gasteiger partial charge in [0.2, 0.25) is 0 Å². The average Bonchev–Trinajstić information content (AvgIpc) is 3.33. The molecule has 1 aromatic heterocycles. The lowest BCUT2D eigenvalue weighted by atomic mass is 9.82. The molecule has 4 rings (SSSR count). The van der Waals surface area contributed by atoms with Crippen molar-refractivity contribution in [3.8, 4) is 0 Å². The van der Waals surface area contributed by atoms with Crippen LogP contribution >= 0.6 is 0 Å². The van der Waals surface area contributed by atoms with Gasteiger partial charge in [-0.15, -0.1) is 0 Å². The molecule has 2 heterocycles. The Hall–Kier alpha value is -2.48. The molecule has 8 heteroatoms. The van der Waals surface area contributed by atoms with Gasteiger partial charge in [-0.2, -0.15) is 5.10 Å². The highest BCUT2D eigenvalue weighted by molar-refractivity contribution is 5.68. The van der Waals surface area contributed by atoms with Crippen molar-refractivity contribution in [1.82, 2.24) is 15.1 Å². The molecule has 0 unspecified atom stereocenters. The minimum Gasteiger partial charge on any atom is -0.453 e. The van der Waals surface area contributed by atoms with E-state index in [0.717, 1.165) is 25.7 Å². The van der Waals surface area contributed by atoms with Crippen LogP contribution in [0, 0.1) is 0 Å². The number of benzene rings is 1. The standard InChI is InChI=1S/C24H31F2N3O3/c1-31-24(30)29-13-5-8-19(22-20(23(25)26)14-27-28-22)21(29)15-32-18-11-9-17(10-12-18)16-6-3-2-4-7-16/h2-4,6-7,14,17-19,21,23H,5,8-13,15H2,1H3,(H,27,28)/t17?,18?,19-,21-/m0/s1. The maximum atomic E-state index is 13.5. The van der Waals surface area contributed by atoms with Crippen molar-refractivity contribution in [3.05, 3.63) is 53.3 Å². The Balaban J connectivity index is 1.43. The molecule has 1 saturated carbocycles. The molecule has 2 atom stereocenters. The fraction of sp³-hybridized carbons (Fsp3) is 0.583. The van der Waals surface area contributed by atoms with E-state index in [1.807, 2.05) is 6.07 Å². The average molecular weight is 448 g/mol. The first-order valence-corrected chi connectivity index (χ1v) is 11.4. The Morgan fingerprint density at radius 3 is 2.62 bits per heavy atom. The van der Waals surface area contributed by atoms with Gasteiger partial charge in [0.15, 0.2) is 0 Å². The predicted molar refractivity (Wildman–Crippen MR) is 116 cm³/mol. The van der Waals surface area contributed by atoms with Gasteiger partial charge in [0.1, 0.15) is 0 Å². The summed E-state index contributed by atoms with van der Waals surface area (Å²) in [4.78, 5) is 14.1. The number of rotatable bonds is 6. The van der Waals surface area contributed by atoms with E-state index in [-0.39, 0.29) is 23.6 Å². The second kappa shape index (κ2) is 10.4. The van der Waals surface area contributed by atoms with E-state index in [2.05, 4.69) is 34.5 Å². The summed E-state index contributed by atoms with van der Waals surface area (Å²) in [5.74, 6) is 0.249. The SMILES string of the molecule is COC(=O)N1CCC[C@H](c2[nH]ncc2C(F)F)[C@@H]1COC1CCC(c2ccccc2)CC1. The van der Waals surface area contributed by atoms with Crippen molar-refractivity contribution in [2.24, 2.45) is 0 Å². The van der Waals surface area contributed by atoms with Crippen LogP contribution in [-0.4, -0.2) is 53.6 Å². The zero-order valence-corrected chi connectivity index (χ0v) is 18.4. The van der Waals surface area contributed by atoms with Crippen LogP contribution in [0.15, 0.2) is 36.5 Å². The maximum Gasteiger partial charge on any atom is 0.409 e. The third-order valence-corrected chi connectivity index (χ3v) is 6.94. The number of methoxy groups -OCH3 is 1. The minimum absolute atomic E-state index is 0.102. The Kier molecular flexibility index (Phi) is 7.40. The van der Waals surface area contributed by atoms with Crippen LogP contribution in [0.2, 0.25) is 0 Å². The number of aromatic nitrogens is 2. The fourth-order valence-electron chi connectivity index (χ4n) is 5.24. The predicted octanol–water partition coefficient (Wildman–Crippen LogP) is 5.40. The summed E-state index contributed by atoms with van der Waals surface area (Å²) >= 11 is 0. The second-order valence-corrected chi connectivity index (χ2v) is 8.74. The number of H-pyrrole nitrogens is 1. The lowest BCUT2D eigenvalue weighted by Crippen LogP contribution is -2.50. The van der Waals surface area contributed by atoms with Crippen LogP contribution < -0.4 is 0 Å². The maximum absolute atomic E-state index is 13.5. The van der Waals surface area contributed by atoms with Crippen LogP contribution in [0.3, 0.4) is 0 Å². The Bertz CT molecular complexity index is 868. The second-order valence-electron chi connectivity index (χ2n) is 8.74. The van der Waals surface area contributed by atoms with Crippen LogP contribution in [0.25, 0.3) is 0 Å². The number of amides is 1. The molecule has 1 aliphatic carbocycles. The smallest absolute Gasteiger partial charge is 0.409 e. The summed E-state index contributed by atoms with van der Waals surface area (Å²) in [7, 11) is 1.34. The number of nitrogens with one attached hydrogen (secondary N) is 1. The third kappa shape index (κ3) is 4.95. The first-order valence-electron chi connectivity index (χ1n) is 11.4. The van der Waals surface area contributed by atoms with Crippen LogP contribution in [0.1, 0.15) is 73.6 Å². The van der Waals surface area contributed by atoms with E-state index in [9.17, 15) is 13.6 Å². The number of alkyl halides is 2. The molecule has 32 heavy (non-hydrogen) atoms. The van der Waals surface area contributed by atoms with Crippen molar-refractivity contribution >= 4 is 6.09 Å². The molecule has 1 N–H and O–H groups in total. The molecule has 0 bridgehead atoms. The Morgan fingerprint density at radius 1 is 1.19 bits per heavy atom. The number of carbonyl (C=O) groups excluding carboxylic acids is 1. The van der Waals surface area contributed by atoms with Crippen molar-refractivity contribution in [3.63, 3.8) is 0 Å². The molecule has 1 saturated heterocycles. The summed E-state index contributed by atoms with van der Waals surface area (Å²) in [5.41, 5.74) is 1.67. The summed E-state index contributed by atoms with van der Waals surface area (Å²) in [6.45, 7) is 0.818. The molecule has 6 nitrogen and oxygen atoms in total. The fourth-order valence-corrected chi connectivity index (χ4v) is 5.24. The van der Waals surface area contributed by atoms with E-state index < -0.39 is 12.5 Å². The first-order chi connectivity index (χ1) is 15.6. The number of halogens is 2. The number of nitrogens with zero attached hydrogens (tertiary/aromatic N) is 2. The summed E-state index contributed by atoms with van der Waals surface area (Å²) in [5, 5.41) is 6.61. The van der Waals surface area contributed by atoms with E-state index in [0.29, 0.717) is 37.6 Å². The number of hydrogen-bond acceptors (Lipinski definition) is 4. The molecule has 1 amide bonds. The Labute approximate surface area is 187 Å². The van der Waals surface area contributed by atoms with Gasteiger partial charge in [0.25, 0.3) is 6.43 Å². The highest BCUT2D eigenvalue weighted by atomic mass is 19.3. The van der Waals surface area contributed by atoms with Crippen molar-refractivity contribution in [1.29, 1.82) is 0 Å². The largest absolute Gasteiger partial charge is 0.453 e. The molecule has 1 aromatic carbocycles. The first kappa shape index (κ1) is 22.7. The molecular weight excluding hydrogens is 416 g/mol. The minimum atomic E-state index is -2.62. The summed E-state index contributed by atoms with van der Waals surface area (Å²) in [6.07, 6.45) is 3.61. The molecule has 2 aliphatic rings. The Morgan fingerprint density at radius 2 is 1.94 bits per heavy atom. The normalized spacial score (nSPS) is 26.3. The van der Waals surface area contributed by atoms with Gasteiger partial charge in [-0.1, -0.05) is 30.3 Å². The topological polar surface area (TPSA) is 67.5 Å². The third-order valence-electron chi connectivity index (χ3n) is 6.94. The van der Waals surface area contributed by atoms with Crippen molar-refractivity contribution in [2.75, 3.05) is 20.3 Å². The number of ether oxygens (including phenoxy) is 2. The highest BCUT2D eigenvalue weighted by Gasteiger charge is 2.39. The van der Waals surface area contributed by atoms with Gasteiger partial charge in [0, 0.05) is 18.2 Å². The van der Waals surface area contributed by atoms with Gasteiger partial charge in [0.05, 0.1) is 37.6 Å². The molecular formula is C24H31F2N3O3. The van der Waals surface area contributed by atoms with Gasteiger partial charge >= 0.3 is 6.09 Å². The molecule has 1 aliphatic heterocycles. The van der Waals surface area contributed by atoms with E-state index in [1.165, 1.54) is 18.9 Å². The van der Waals surface area contributed by atoms with Crippen LogP contribution in [0.5, 0.6) is 0 Å². The lowest BCUT2D eigenvalue weighted by Gasteiger charge is -2.41. The molecule has 174 valence electrons. The molecule has 0 radical (unpaired) electrons. The van der Waals surface area contributed by atoms with Gasteiger partial charge in [-0.3, -0.25) is 5.10 Å². The lowest BCUT2D eigenvalue weighted by molar-refractivity contribution is -0.0245. The van der Waals surface area contributed by atoms with Crippen molar-refractivity contribution in [2.45, 2.75) is 68.9 Å². The number of aromatic amines is 1. The summed E-state index contributed by atoms with van der Waals surface area (Å²) < 4.78 is 38.3. The zero-order valence-electron chi connectivity index (χ0n) is 18.4. The quantitative estimate of drug-likeness (QED) is 0.643. The van der Waals surface area contributed by atoms with Gasteiger partial charge < -0.3 is 14.4 Å². The number of piperidine rings is 1. The highest BCUT2D eigenvalue weighted by Crippen LogP contribution is 2.38. The zero-order chi connectivity index (χ0) is 22.5. The summed E-state index contributed by atoms with van der Waals surface area (Å²) in [6, 6.07) is 10.2. The van der Waals surface area contributed by atoms with E-state index in [1.54, 1.807) is 4.90 Å². The van der Waals surface area contributed by atoms with Gasteiger partial charge in [-0.05, 0) is 50.0 Å². The van der Waals surface area contributed by atoms with Crippen LogP contribution in [-0.2, 0) is 9.47 Å². The monoisotopic (exact) mass is 447 g/mol. The molecule has 0 spiro atoms. The molecule has 2 fully saturated rings.